The van der Waals surface area contributed by atoms with Gasteiger partial charge < -0.3 is 5.32 Å². The normalized spacial score (nSPS) is 19.8. The Morgan fingerprint density at radius 2 is 2.33 bits per heavy atom. The molecule has 1 atom stereocenters. The molecule has 0 aromatic carbocycles. The predicted octanol–water partition coefficient (Wildman–Crippen LogP) is 4.14. The van der Waals surface area contributed by atoms with E-state index in [1.54, 1.807) is 0 Å². The first-order valence-corrected chi connectivity index (χ1v) is 6.75. The van der Waals surface area contributed by atoms with Crippen molar-refractivity contribution in [2.45, 2.75) is 45.6 Å². The summed E-state index contributed by atoms with van der Waals surface area (Å²) in [6.07, 6.45) is 16.5. The van der Waals surface area contributed by atoms with Crippen LogP contribution in [0.5, 0.6) is 0 Å². The molecule has 1 aliphatic heterocycles. The minimum absolute atomic E-state index is 0.405. The van der Waals surface area contributed by atoms with Crippen LogP contribution in [0.4, 0.5) is 0 Å². The summed E-state index contributed by atoms with van der Waals surface area (Å²) in [5.41, 5.74) is 2.52. The largest absolute Gasteiger partial charge is 0.379 e. The van der Waals surface area contributed by atoms with E-state index in [9.17, 15) is 0 Å². The lowest BCUT2D eigenvalue weighted by Crippen LogP contribution is -2.26. The van der Waals surface area contributed by atoms with Gasteiger partial charge >= 0.3 is 0 Å². The summed E-state index contributed by atoms with van der Waals surface area (Å²) < 4.78 is 0. The highest BCUT2D eigenvalue weighted by Gasteiger charge is 2.08. The Kier molecular flexibility index (Phi) is 6.85. The third-order valence-corrected chi connectivity index (χ3v) is 2.83. The molecule has 1 rings (SSSR count). The van der Waals surface area contributed by atoms with E-state index in [4.69, 9.17) is 0 Å². The first-order valence-electron chi connectivity index (χ1n) is 6.75. The van der Waals surface area contributed by atoms with Gasteiger partial charge in [0, 0.05) is 24.2 Å². The van der Waals surface area contributed by atoms with Crippen molar-refractivity contribution < 1.29 is 0 Å². The van der Waals surface area contributed by atoms with Crippen molar-refractivity contribution in [3.8, 4) is 0 Å². The summed E-state index contributed by atoms with van der Waals surface area (Å²) in [5.74, 6) is 0. The van der Waals surface area contributed by atoms with Gasteiger partial charge in [-0.15, -0.1) is 0 Å². The van der Waals surface area contributed by atoms with Gasteiger partial charge in [0.25, 0.3) is 0 Å². The van der Waals surface area contributed by atoms with Crippen molar-refractivity contribution in [3.63, 3.8) is 0 Å². The van der Waals surface area contributed by atoms with Gasteiger partial charge in [0.1, 0.15) is 0 Å². The Hall–Kier alpha value is -1.57. The van der Waals surface area contributed by atoms with E-state index < -0.39 is 0 Å². The number of hydrogen-bond donors (Lipinski definition) is 1. The summed E-state index contributed by atoms with van der Waals surface area (Å²) in [7, 11) is 0. The van der Waals surface area contributed by atoms with E-state index in [1.807, 2.05) is 18.5 Å². The molecule has 1 N–H and O–H groups in total. The van der Waals surface area contributed by atoms with Crippen LogP contribution < -0.4 is 5.32 Å². The summed E-state index contributed by atoms with van der Waals surface area (Å²) in [6, 6.07) is 0.405. The maximum atomic E-state index is 4.22. The molecule has 2 heteroatoms. The van der Waals surface area contributed by atoms with E-state index >= 15 is 0 Å². The fraction of sp³-hybridized carbons (Fsp3) is 0.438. The Bertz CT molecular complexity index is 373. The highest BCUT2D eigenvalue weighted by molar-refractivity contribution is 5.58. The van der Waals surface area contributed by atoms with Gasteiger partial charge in [-0.2, -0.15) is 0 Å². The number of rotatable bonds is 7. The van der Waals surface area contributed by atoms with Gasteiger partial charge in [0.05, 0.1) is 0 Å². The zero-order chi connectivity index (χ0) is 13.2. The lowest BCUT2D eigenvalue weighted by Gasteiger charge is -2.20. The molecule has 0 aliphatic carbocycles. The Labute approximate surface area is 111 Å². The van der Waals surface area contributed by atoms with Gasteiger partial charge in [-0.25, -0.2) is 0 Å². The van der Waals surface area contributed by atoms with Crippen molar-refractivity contribution in [2.24, 2.45) is 4.99 Å². The van der Waals surface area contributed by atoms with Crippen LogP contribution >= 0.6 is 0 Å². The average Bonchev–Trinajstić information content (AvgIpc) is 2.39. The highest BCUT2D eigenvalue weighted by atomic mass is 14.9. The summed E-state index contributed by atoms with van der Waals surface area (Å²) in [4.78, 5) is 4.22. The number of nitrogens with zero attached hydrogens (tertiary/aromatic N) is 1. The number of nitrogens with one attached hydrogen (secondary N) is 1. The van der Waals surface area contributed by atoms with E-state index in [0.29, 0.717) is 6.04 Å². The molecule has 1 unspecified atom stereocenters. The Morgan fingerprint density at radius 3 is 3.06 bits per heavy atom. The SMILES string of the molecule is C=CC1=C(CCC/C=N\C=C/CC)C=CC(C)N1. The van der Waals surface area contributed by atoms with E-state index in [0.717, 1.165) is 25.7 Å². The second-order valence-corrected chi connectivity index (χ2v) is 4.45. The lowest BCUT2D eigenvalue weighted by molar-refractivity contribution is 0.710. The first-order chi connectivity index (χ1) is 8.77. The highest BCUT2D eigenvalue weighted by Crippen LogP contribution is 2.17. The van der Waals surface area contributed by atoms with Crippen LogP contribution in [0.1, 0.15) is 39.5 Å². The minimum atomic E-state index is 0.405. The van der Waals surface area contributed by atoms with Crippen molar-refractivity contribution in [1.82, 2.24) is 5.32 Å². The number of allylic oxidation sites excluding steroid dienone is 4. The second kappa shape index (κ2) is 8.51. The molecule has 2 nitrogen and oxygen atoms in total. The van der Waals surface area contributed by atoms with Crippen LogP contribution in [-0.4, -0.2) is 12.3 Å². The van der Waals surface area contributed by atoms with Crippen LogP contribution in [0, 0.1) is 0 Å². The van der Waals surface area contributed by atoms with Crippen LogP contribution in [0.15, 0.2) is 53.3 Å². The van der Waals surface area contributed by atoms with Gasteiger partial charge in [-0.3, -0.25) is 4.99 Å². The first kappa shape index (κ1) is 14.5. The smallest absolute Gasteiger partial charge is 0.0419 e. The fourth-order valence-electron chi connectivity index (χ4n) is 1.83. The average molecular weight is 244 g/mol. The minimum Gasteiger partial charge on any atom is -0.379 e. The molecular formula is C16H24N2. The molecule has 98 valence electrons. The van der Waals surface area contributed by atoms with Gasteiger partial charge in [-0.05, 0) is 44.3 Å². The van der Waals surface area contributed by atoms with Crippen molar-refractivity contribution in [3.05, 3.63) is 48.4 Å². The zero-order valence-corrected chi connectivity index (χ0v) is 11.5. The number of hydrogen-bond acceptors (Lipinski definition) is 2. The van der Waals surface area contributed by atoms with E-state index in [1.165, 1.54) is 11.3 Å². The quantitative estimate of drug-likeness (QED) is 0.528. The lowest BCUT2D eigenvalue weighted by atomic mass is 10.0. The molecule has 0 aromatic rings. The monoisotopic (exact) mass is 244 g/mol. The fourth-order valence-corrected chi connectivity index (χ4v) is 1.83. The summed E-state index contributed by atoms with van der Waals surface area (Å²) in [6.45, 7) is 8.11. The van der Waals surface area contributed by atoms with Gasteiger partial charge in [0.15, 0.2) is 0 Å². The van der Waals surface area contributed by atoms with Gasteiger partial charge in [0.2, 0.25) is 0 Å². The molecule has 0 amide bonds. The zero-order valence-electron chi connectivity index (χ0n) is 11.5. The van der Waals surface area contributed by atoms with Crippen LogP contribution in [0.2, 0.25) is 0 Å². The van der Waals surface area contributed by atoms with Crippen LogP contribution in [0.25, 0.3) is 0 Å². The molecule has 0 radical (unpaired) electrons. The maximum Gasteiger partial charge on any atom is 0.0419 e. The Morgan fingerprint density at radius 1 is 1.50 bits per heavy atom. The number of unbranched alkanes of at least 4 members (excludes halogenated alkanes) is 1. The standard InChI is InChI=1S/C16H24N2/c1-4-6-12-17-13-8-7-9-15-11-10-14(3)18-16(15)5-2/h5-6,10-14,18H,2,4,7-9H2,1,3H3/b12-6-,17-13-. The Balaban J connectivity index is 2.34. The maximum absolute atomic E-state index is 4.22. The van der Waals surface area contributed by atoms with Crippen LogP contribution in [0.3, 0.4) is 0 Å². The van der Waals surface area contributed by atoms with Crippen molar-refractivity contribution in [1.29, 1.82) is 0 Å². The third kappa shape index (κ3) is 5.17. The molecule has 0 saturated heterocycles. The van der Waals surface area contributed by atoms with Gasteiger partial charge in [-0.1, -0.05) is 31.7 Å². The molecular weight excluding hydrogens is 220 g/mol. The number of aliphatic imine (C=N–C) groups is 1. The molecule has 0 fully saturated rings. The molecule has 0 aromatic heterocycles. The topological polar surface area (TPSA) is 24.4 Å². The van der Waals surface area contributed by atoms with Crippen molar-refractivity contribution >= 4 is 6.21 Å². The third-order valence-electron chi connectivity index (χ3n) is 2.83. The van der Waals surface area contributed by atoms with Crippen molar-refractivity contribution in [2.75, 3.05) is 0 Å². The molecule has 0 spiro atoms. The summed E-state index contributed by atoms with van der Waals surface area (Å²) in [5, 5.41) is 3.41. The second-order valence-electron chi connectivity index (χ2n) is 4.45. The molecule has 18 heavy (non-hydrogen) atoms. The molecule has 0 bridgehead atoms. The van der Waals surface area contributed by atoms with E-state index in [-0.39, 0.29) is 0 Å². The molecule has 1 heterocycles. The molecule has 0 saturated carbocycles. The van der Waals surface area contributed by atoms with E-state index in [2.05, 4.69) is 49.0 Å². The molecule has 1 aliphatic rings. The van der Waals surface area contributed by atoms with Crippen LogP contribution in [-0.2, 0) is 0 Å². The predicted molar refractivity (Wildman–Crippen MR) is 80.7 cm³/mol. The number of dihydropyridines is 1. The summed E-state index contributed by atoms with van der Waals surface area (Å²) >= 11 is 0.